The number of fused-ring (bicyclic) bond motifs is 1. The lowest BCUT2D eigenvalue weighted by molar-refractivity contribution is -0.0587. The molecule has 1 amide bonds. The molecular formula is C16H20N4O4. The molecule has 0 saturated carbocycles. The number of hydrogen-bond donors (Lipinski definition) is 0. The van der Waals surface area contributed by atoms with Gasteiger partial charge < -0.3 is 9.64 Å². The van der Waals surface area contributed by atoms with Crippen LogP contribution in [0, 0.1) is 0 Å². The normalized spacial score (nSPS) is 21.2. The van der Waals surface area contributed by atoms with Gasteiger partial charge in [-0.05, 0) is 26.0 Å². The highest BCUT2D eigenvalue weighted by atomic mass is 16.5. The molecule has 1 fully saturated rings. The number of aryl methyl sites for hydroxylation is 1. The Morgan fingerprint density at radius 3 is 2.38 bits per heavy atom. The van der Waals surface area contributed by atoms with Crippen molar-refractivity contribution in [2.75, 3.05) is 13.1 Å². The number of nitrogens with zero attached hydrogens (tertiary/aromatic N) is 4. The van der Waals surface area contributed by atoms with Crippen LogP contribution in [0.3, 0.4) is 0 Å². The molecule has 0 radical (unpaired) electrons. The van der Waals surface area contributed by atoms with E-state index in [1.165, 1.54) is 24.7 Å². The van der Waals surface area contributed by atoms with E-state index in [0.29, 0.717) is 18.5 Å². The van der Waals surface area contributed by atoms with Crippen molar-refractivity contribution in [3.05, 3.63) is 38.7 Å². The highest BCUT2D eigenvalue weighted by Gasteiger charge is 2.27. The molecule has 8 nitrogen and oxygen atoms in total. The first-order valence-electron chi connectivity index (χ1n) is 7.81. The van der Waals surface area contributed by atoms with E-state index in [1.54, 1.807) is 11.0 Å². The molecule has 2 atom stereocenters. The minimum absolute atomic E-state index is 0.0465. The number of pyridine rings is 1. The summed E-state index contributed by atoms with van der Waals surface area (Å²) in [5.74, 6) is -0.230. The van der Waals surface area contributed by atoms with Gasteiger partial charge in [0.15, 0.2) is 0 Å². The summed E-state index contributed by atoms with van der Waals surface area (Å²) >= 11 is 0. The van der Waals surface area contributed by atoms with Crippen LogP contribution >= 0.6 is 0 Å². The fourth-order valence-corrected chi connectivity index (χ4v) is 3.08. The molecule has 128 valence electrons. The second-order valence-electron chi connectivity index (χ2n) is 6.24. The minimum atomic E-state index is -0.474. The molecule has 3 rings (SSSR count). The quantitative estimate of drug-likeness (QED) is 0.727. The second-order valence-corrected chi connectivity index (χ2v) is 6.24. The van der Waals surface area contributed by atoms with E-state index in [-0.39, 0.29) is 29.5 Å². The Bertz CT molecular complexity index is 920. The summed E-state index contributed by atoms with van der Waals surface area (Å²) in [5, 5.41) is 0.305. The highest BCUT2D eigenvalue weighted by molar-refractivity contribution is 5.94. The smallest absolute Gasteiger partial charge is 0.332 e. The Labute approximate surface area is 138 Å². The van der Waals surface area contributed by atoms with Crippen molar-refractivity contribution < 1.29 is 9.53 Å². The van der Waals surface area contributed by atoms with Gasteiger partial charge in [0.05, 0.1) is 17.6 Å². The third kappa shape index (κ3) is 2.62. The number of carbonyl (C=O) groups excluding carboxylic acids is 1. The molecule has 0 N–H and O–H groups in total. The van der Waals surface area contributed by atoms with E-state index in [0.717, 1.165) is 4.57 Å². The number of carbonyl (C=O) groups is 1. The van der Waals surface area contributed by atoms with Crippen molar-refractivity contribution in [3.8, 4) is 0 Å². The number of rotatable bonds is 1. The molecule has 0 spiro atoms. The lowest BCUT2D eigenvalue weighted by atomic mass is 10.2. The van der Waals surface area contributed by atoms with E-state index in [4.69, 9.17) is 4.74 Å². The van der Waals surface area contributed by atoms with Crippen LogP contribution in [-0.2, 0) is 18.8 Å². The molecule has 0 aliphatic carbocycles. The van der Waals surface area contributed by atoms with E-state index in [9.17, 15) is 14.4 Å². The Morgan fingerprint density at radius 2 is 1.75 bits per heavy atom. The van der Waals surface area contributed by atoms with Gasteiger partial charge in [-0.1, -0.05) is 0 Å². The maximum Gasteiger partial charge on any atom is 0.332 e. The van der Waals surface area contributed by atoms with Crippen LogP contribution in [0.1, 0.15) is 24.3 Å². The lowest BCUT2D eigenvalue weighted by Gasteiger charge is -2.35. The SMILES string of the molecule is CC1CN(C(=O)c2ccc3c(=O)n(C)c(=O)n(C)c3n2)CC(C)O1. The molecule has 1 aliphatic heterocycles. The van der Waals surface area contributed by atoms with Crippen molar-refractivity contribution in [2.24, 2.45) is 14.1 Å². The molecule has 0 bridgehead atoms. The molecule has 2 aromatic heterocycles. The number of aromatic nitrogens is 3. The summed E-state index contributed by atoms with van der Waals surface area (Å²) in [4.78, 5) is 42.9. The van der Waals surface area contributed by atoms with Gasteiger partial charge in [-0.15, -0.1) is 0 Å². The molecular weight excluding hydrogens is 312 g/mol. The molecule has 0 aromatic carbocycles. The summed E-state index contributed by atoms with van der Waals surface area (Å²) in [6.45, 7) is 4.80. The van der Waals surface area contributed by atoms with Gasteiger partial charge in [0.2, 0.25) is 0 Å². The van der Waals surface area contributed by atoms with E-state index < -0.39 is 11.2 Å². The Morgan fingerprint density at radius 1 is 1.12 bits per heavy atom. The Kier molecular flexibility index (Phi) is 4.00. The zero-order chi connectivity index (χ0) is 17.6. The van der Waals surface area contributed by atoms with Gasteiger partial charge in [0, 0.05) is 27.2 Å². The van der Waals surface area contributed by atoms with Gasteiger partial charge >= 0.3 is 5.69 Å². The fraction of sp³-hybridized carbons (Fsp3) is 0.500. The van der Waals surface area contributed by atoms with Crippen molar-refractivity contribution in [3.63, 3.8) is 0 Å². The van der Waals surface area contributed by atoms with E-state index >= 15 is 0 Å². The van der Waals surface area contributed by atoms with Gasteiger partial charge in [-0.2, -0.15) is 0 Å². The predicted molar refractivity (Wildman–Crippen MR) is 88.1 cm³/mol. The van der Waals surface area contributed by atoms with Crippen molar-refractivity contribution in [2.45, 2.75) is 26.1 Å². The summed E-state index contributed by atoms with van der Waals surface area (Å²) in [5.41, 5.74) is -0.471. The third-order valence-electron chi connectivity index (χ3n) is 4.23. The number of ether oxygens (including phenoxy) is 1. The van der Waals surface area contributed by atoms with Crippen LogP contribution in [-0.4, -0.2) is 50.2 Å². The van der Waals surface area contributed by atoms with Crippen LogP contribution in [0.5, 0.6) is 0 Å². The van der Waals surface area contributed by atoms with Gasteiger partial charge in [0.1, 0.15) is 11.3 Å². The molecule has 3 heterocycles. The standard InChI is InChI=1S/C16H20N4O4/c1-9-7-20(8-10(2)24-9)15(22)12-6-5-11-13(17-12)18(3)16(23)19(4)14(11)21/h5-6,9-10H,7-8H2,1-4H3. The number of morpholine rings is 1. The monoisotopic (exact) mass is 332 g/mol. The second kappa shape index (κ2) is 5.86. The summed E-state index contributed by atoms with van der Waals surface area (Å²) in [6, 6.07) is 3.08. The van der Waals surface area contributed by atoms with Gasteiger partial charge in [0.25, 0.3) is 11.5 Å². The number of amides is 1. The van der Waals surface area contributed by atoms with Crippen LogP contribution in [0.25, 0.3) is 11.0 Å². The summed E-state index contributed by atoms with van der Waals surface area (Å²) in [6.07, 6.45) is -0.0930. The summed E-state index contributed by atoms with van der Waals surface area (Å²) in [7, 11) is 2.95. The van der Waals surface area contributed by atoms with Crippen LogP contribution in [0.4, 0.5) is 0 Å². The van der Waals surface area contributed by atoms with Gasteiger partial charge in [-0.3, -0.25) is 18.7 Å². The molecule has 1 saturated heterocycles. The first-order valence-corrected chi connectivity index (χ1v) is 7.81. The maximum atomic E-state index is 12.7. The van der Waals surface area contributed by atoms with Crippen molar-refractivity contribution in [1.82, 2.24) is 19.0 Å². The minimum Gasteiger partial charge on any atom is -0.372 e. The fourth-order valence-electron chi connectivity index (χ4n) is 3.08. The largest absolute Gasteiger partial charge is 0.372 e. The number of hydrogen-bond acceptors (Lipinski definition) is 5. The van der Waals surface area contributed by atoms with E-state index in [1.807, 2.05) is 13.8 Å². The van der Waals surface area contributed by atoms with Crippen molar-refractivity contribution >= 4 is 16.9 Å². The molecule has 1 aliphatic rings. The zero-order valence-electron chi connectivity index (χ0n) is 14.1. The first-order chi connectivity index (χ1) is 11.3. The highest BCUT2D eigenvalue weighted by Crippen LogP contribution is 2.15. The molecule has 24 heavy (non-hydrogen) atoms. The lowest BCUT2D eigenvalue weighted by Crippen LogP contribution is -2.48. The molecule has 2 aromatic rings. The van der Waals surface area contributed by atoms with Crippen LogP contribution < -0.4 is 11.2 Å². The average Bonchev–Trinajstić information content (AvgIpc) is 2.56. The van der Waals surface area contributed by atoms with Crippen LogP contribution in [0.2, 0.25) is 0 Å². The van der Waals surface area contributed by atoms with E-state index in [2.05, 4.69) is 4.98 Å². The average molecular weight is 332 g/mol. The third-order valence-corrected chi connectivity index (χ3v) is 4.23. The predicted octanol–water partition coefficient (Wildman–Crippen LogP) is -0.118. The topological polar surface area (TPSA) is 86.4 Å². The summed E-state index contributed by atoms with van der Waals surface area (Å²) < 4.78 is 7.93. The Hall–Kier alpha value is -2.48. The van der Waals surface area contributed by atoms with Crippen LogP contribution in [0.15, 0.2) is 21.7 Å². The van der Waals surface area contributed by atoms with Crippen molar-refractivity contribution in [1.29, 1.82) is 0 Å². The molecule has 2 unspecified atom stereocenters. The zero-order valence-corrected chi connectivity index (χ0v) is 14.1. The molecule has 8 heteroatoms. The Balaban J connectivity index is 2.07. The van der Waals surface area contributed by atoms with Gasteiger partial charge in [-0.25, -0.2) is 9.78 Å². The first kappa shape index (κ1) is 16.4. The maximum absolute atomic E-state index is 12.7.